The Balaban J connectivity index is 1.59. The Morgan fingerprint density at radius 2 is 1.91 bits per heavy atom. The van der Waals surface area contributed by atoms with E-state index in [1.165, 1.54) is 9.21 Å². The highest BCUT2D eigenvalue weighted by atomic mass is 32.2. The van der Waals surface area contributed by atoms with E-state index in [2.05, 4.69) is 4.98 Å². The van der Waals surface area contributed by atoms with Crippen molar-refractivity contribution in [1.29, 1.82) is 0 Å². The second-order valence-electron chi connectivity index (χ2n) is 9.70. The number of alkyl halides is 2. The number of carbonyl (C=O) groups is 1. The van der Waals surface area contributed by atoms with Crippen LogP contribution in [-0.2, 0) is 19.6 Å². The smallest absolute Gasteiger partial charge is 0.248 e. The molecule has 1 saturated carbocycles. The van der Waals surface area contributed by atoms with Crippen molar-refractivity contribution < 1.29 is 26.7 Å². The third kappa shape index (κ3) is 4.92. The molecular formula is C23H34F2N4O4S. The van der Waals surface area contributed by atoms with Gasteiger partial charge in [-0.1, -0.05) is 0 Å². The number of carbonyl (C=O) groups excluding carboxylic acids is 1. The SMILES string of the molecule is Cc1ccc(S(=O)(=O)N2CCC[C@H]2C(=O)N(C)C2CCC(F)(F)CC2)c(N2CCOC[C@@H]2C)n1. The van der Waals surface area contributed by atoms with Crippen LogP contribution in [0.25, 0.3) is 0 Å². The summed E-state index contributed by atoms with van der Waals surface area (Å²) in [6, 6.07) is 2.06. The summed E-state index contributed by atoms with van der Waals surface area (Å²) in [5, 5.41) is 0. The van der Waals surface area contributed by atoms with Crippen LogP contribution < -0.4 is 4.90 Å². The Morgan fingerprint density at radius 3 is 2.59 bits per heavy atom. The van der Waals surface area contributed by atoms with Gasteiger partial charge in [-0.05, 0) is 51.7 Å². The zero-order valence-corrected chi connectivity index (χ0v) is 20.9. The number of pyridine rings is 1. The van der Waals surface area contributed by atoms with Gasteiger partial charge in [-0.2, -0.15) is 4.31 Å². The molecule has 0 aromatic carbocycles. The average Bonchev–Trinajstić information content (AvgIpc) is 3.29. The molecule has 1 aliphatic carbocycles. The number of amides is 1. The Kier molecular flexibility index (Phi) is 7.17. The zero-order valence-electron chi connectivity index (χ0n) is 20.0. The van der Waals surface area contributed by atoms with E-state index in [1.54, 1.807) is 19.2 Å². The number of hydrogen-bond acceptors (Lipinski definition) is 6. The van der Waals surface area contributed by atoms with Crippen LogP contribution >= 0.6 is 0 Å². The third-order valence-electron chi connectivity index (χ3n) is 7.28. The molecule has 1 aromatic heterocycles. The molecule has 4 rings (SSSR count). The van der Waals surface area contributed by atoms with Gasteiger partial charge < -0.3 is 14.5 Å². The van der Waals surface area contributed by atoms with Crippen molar-refractivity contribution in [3.05, 3.63) is 17.8 Å². The number of ether oxygens (including phenoxy) is 1. The van der Waals surface area contributed by atoms with Gasteiger partial charge >= 0.3 is 0 Å². The van der Waals surface area contributed by atoms with Crippen molar-refractivity contribution in [2.75, 3.05) is 38.3 Å². The Morgan fingerprint density at radius 1 is 1.21 bits per heavy atom. The van der Waals surface area contributed by atoms with Crippen molar-refractivity contribution in [3.63, 3.8) is 0 Å². The number of aryl methyl sites for hydroxylation is 1. The molecule has 2 saturated heterocycles. The molecule has 34 heavy (non-hydrogen) atoms. The molecule has 0 radical (unpaired) electrons. The molecule has 8 nitrogen and oxygen atoms in total. The number of anilines is 1. The fraction of sp³-hybridized carbons (Fsp3) is 0.739. The summed E-state index contributed by atoms with van der Waals surface area (Å²) in [5.41, 5.74) is 0.704. The van der Waals surface area contributed by atoms with Crippen molar-refractivity contribution in [2.24, 2.45) is 0 Å². The lowest BCUT2D eigenvalue weighted by Crippen LogP contribution is -2.51. The van der Waals surface area contributed by atoms with Gasteiger partial charge in [0.25, 0.3) is 0 Å². The van der Waals surface area contributed by atoms with Crippen molar-refractivity contribution >= 4 is 21.7 Å². The van der Waals surface area contributed by atoms with Crippen LogP contribution in [0.2, 0.25) is 0 Å². The second-order valence-corrected chi connectivity index (χ2v) is 11.6. The van der Waals surface area contributed by atoms with Crippen LogP contribution in [0.1, 0.15) is 51.1 Å². The third-order valence-corrected chi connectivity index (χ3v) is 9.20. The highest BCUT2D eigenvalue weighted by molar-refractivity contribution is 7.89. The van der Waals surface area contributed by atoms with Crippen molar-refractivity contribution in [2.45, 2.75) is 81.3 Å². The quantitative estimate of drug-likeness (QED) is 0.618. The van der Waals surface area contributed by atoms with Gasteiger partial charge in [0.05, 0.1) is 19.3 Å². The summed E-state index contributed by atoms with van der Waals surface area (Å²) in [4.78, 5) is 21.5. The molecule has 11 heteroatoms. The van der Waals surface area contributed by atoms with Gasteiger partial charge in [0.1, 0.15) is 16.8 Å². The largest absolute Gasteiger partial charge is 0.377 e. The number of sulfonamides is 1. The first kappa shape index (κ1) is 25.2. The Hall–Kier alpha value is -1.85. The molecule has 0 unspecified atom stereocenters. The first-order valence-corrected chi connectivity index (χ1v) is 13.4. The van der Waals surface area contributed by atoms with E-state index < -0.39 is 22.0 Å². The van der Waals surface area contributed by atoms with Crippen LogP contribution in [0.3, 0.4) is 0 Å². The van der Waals surface area contributed by atoms with Gasteiger partial charge in [-0.15, -0.1) is 0 Å². The number of aromatic nitrogens is 1. The summed E-state index contributed by atoms with van der Waals surface area (Å²) in [7, 11) is -2.41. The lowest BCUT2D eigenvalue weighted by molar-refractivity contribution is -0.138. The minimum atomic E-state index is -4.02. The van der Waals surface area contributed by atoms with E-state index in [1.807, 2.05) is 18.7 Å². The summed E-state index contributed by atoms with van der Waals surface area (Å²) in [5.74, 6) is -2.62. The lowest BCUT2D eigenvalue weighted by Gasteiger charge is -2.37. The Bertz CT molecular complexity index is 1010. The van der Waals surface area contributed by atoms with Crippen molar-refractivity contribution in [3.8, 4) is 0 Å². The normalized spacial score (nSPS) is 26.6. The average molecular weight is 501 g/mol. The monoisotopic (exact) mass is 500 g/mol. The van der Waals surface area contributed by atoms with Crippen molar-refractivity contribution in [1.82, 2.24) is 14.2 Å². The number of halogens is 2. The van der Waals surface area contributed by atoms with E-state index in [9.17, 15) is 22.0 Å². The van der Waals surface area contributed by atoms with Crippen LogP contribution in [0.4, 0.5) is 14.6 Å². The molecule has 2 aliphatic heterocycles. The highest BCUT2D eigenvalue weighted by Gasteiger charge is 2.44. The number of hydrogen-bond donors (Lipinski definition) is 0. The summed E-state index contributed by atoms with van der Waals surface area (Å²) >= 11 is 0. The molecule has 3 fully saturated rings. The van der Waals surface area contributed by atoms with Gasteiger partial charge in [0.2, 0.25) is 21.9 Å². The molecule has 0 spiro atoms. The summed E-state index contributed by atoms with van der Waals surface area (Å²) in [6.07, 6.45) is 0.907. The van der Waals surface area contributed by atoms with Gasteiger partial charge in [0, 0.05) is 44.7 Å². The maximum atomic E-state index is 13.9. The first-order chi connectivity index (χ1) is 16.0. The molecule has 2 atom stereocenters. The molecule has 3 aliphatic rings. The molecule has 3 heterocycles. The van der Waals surface area contributed by atoms with Crippen LogP contribution in [0.15, 0.2) is 17.0 Å². The standard InChI is InChI=1S/C23H34F2N4O4S/c1-16-6-7-20(21(26-16)28-13-14-33-15-17(28)2)34(31,32)29-12-4-5-19(29)22(30)27(3)18-8-10-23(24,25)11-9-18/h6-7,17-19H,4-5,8-15H2,1-3H3/t17-,19-/m0/s1. The minimum Gasteiger partial charge on any atom is -0.377 e. The number of likely N-dealkylation sites (N-methyl/N-ethyl adjacent to an activating group) is 1. The molecule has 0 bridgehead atoms. The maximum absolute atomic E-state index is 13.9. The van der Waals surface area contributed by atoms with Crippen LogP contribution in [0.5, 0.6) is 0 Å². The summed E-state index contributed by atoms with van der Waals surface area (Å²) < 4.78 is 61.7. The topological polar surface area (TPSA) is 83.1 Å². The fourth-order valence-electron chi connectivity index (χ4n) is 5.21. The first-order valence-electron chi connectivity index (χ1n) is 12.0. The van der Waals surface area contributed by atoms with Gasteiger partial charge in [-0.3, -0.25) is 4.79 Å². The second kappa shape index (κ2) is 9.66. The molecule has 1 amide bonds. The van der Waals surface area contributed by atoms with E-state index >= 15 is 0 Å². The number of rotatable bonds is 5. The van der Waals surface area contributed by atoms with Crippen LogP contribution in [-0.4, -0.2) is 85.9 Å². The van der Waals surface area contributed by atoms with E-state index in [0.29, 0.717) is 44.1 Å². The number of morpholine rings is 1. The van der Waals surface area contributed by atoms with Crippen LogP contribution in [0, 0.1) is 6.92 Å². The van der Waals surface area contributed by atoms with E-state index in [4.69, 9.17) is 4.74 Å². The van der Waals surface area contributed by atoms with Gasteiger partial charge in [-0.25, -0.2) is 22.2 Å². The highest BCUT2D eigenvalue weighted by Crippen LogP contribution is 2.37. The maximum Gasteiger partial charge on any atom is 0.248 e. The molecule has 190 valence electrons. The molecule has 1 aromatic rings. The summed E-state index contributed by atoms with van der Waals surface area (Å²) in [6.45, 7) is 5.50. The Labute approximate surface area is 200 Å². The zero-order chi connectivity index (χ0) is 24.7. The van der Waals surface area contributed by atoms with E-state index in [0.717, 1.165) is 0 Å². The minimum absolute atomic E-state index is 0.0384. The predicted molar refractivity (Wildman–Crippen MR) is 123 cm³/mol. The number of nitrogens with zero attached hydrogens (tertiary/aromatic N) is 4. The lowest BCUT2D eigenvalue weighted by atomic mass is 9.91. The molecule has 0 N–H and O–H groups in total. The van der Waals surface area contributed by atoms with E-state index in [-0.39, 0.29) is 55.1 Å². The fourth-order valence-corrected chi connectivity index (χ4v) is 6.99. The molecular weight excluding hydrogens is 466 g/mol. The van der Waals surface area contributed by atoms with Gasteiger partial charge in [0.15, 0.2) is 0 Å². The predicted octanol–water partition coefficient (Wildman–Crippen LogP) is 2.80.